The number of sulfonamides is 1. The van der Waals surface area contributed by atoms with Gasteiger partial charge in [-0.3, -0.25) is 0 Å². The van der Waals surface area contributed by atoms with E-state index in [1.807, 2.05) is 6.07 Å². The average molecular weight is 417 g/mol. The monoisotopic (exact) mass is 417 g/mol. The number of rotatable bonds is 6. The number of halogens is 1. The Balaban J connectivity index is 1.25. The lowest BCUT2D eigenvalue weighted by Crippen LogP contribution is -2.30. The summed E-state index contributed by atoms with van der Waals surface area (Å²) < 4.78 is 48.2. The summed E-state index contributed by atoms with van der Waals surface area (Å²) in [4.78, 5) is -0.283. The smallest absolute Gasteiger partial charge is 0.245 e. The third-order valence-electron chi connectivity index (χ3n) is 5.37. The Hall–Kier alpha value is -2.59. The third kappa shape index (κ3) is 3.46. The highest BCUT2D eigenvalue weighted by atomic mass is 32.2. The van der Waals surface area contributed by atoms with Gasteiger partial charge in [0, 0.05) is 31.0 Å². The summed E-state index contributed by atoms with van der Waals surface area (Å²) in [6.45, 7) is 0.968. The van der Waals surface area contributed by atoms with Crippen LogP contribution in [0.3, 0.4) is 0 Å². The molecule has 2 aliphatic rings. The van der Waals surface area contributed by atoms with Crippen molar-refractivity contribution < 1.29 is 17.5 Å². The van der Waals surface area contributed by atoms with E-state index in [0.29, 0.717) is 43.6 Å². The molecule has 1 saturated carbocycles. The Morgan fingerprint density at radius 1 is 1.10 bits per heavy atom. The van der Waals surface area contributed by atoms with Crippen molar-refractivity contribution in [2.45, 2.75) is 30.1 Å². The molecule has 1 aliphatic heterocycles. The molecule has 0 bridgehead atoms. The van der Waals surface area contributed by atoms with E-state index in [1.54, 1.807) is 10.6 Å². The van der Waals surface area contributed by atoms with Gasteiger partial charge in [0.1, 0.15) is 10.7 Å². The first kappa shape index (κ1) is 18.4. The molecule has 0 radical (unpaired) electrons. The Bertz CT molecular complexity index is 1160. The molecule has 5 rings (SSSR count). The predicted molar refractivity (Wildman–Crippen MR) is 102 cm³/mol. The minimum absolute atomic E-state index is 0.0119. The van der Waals surface area contributed by atoms with Gasteiger partial charge in [0.05, 0.1) is 6.61 Å². The first-order valence-corrected chi connectivity index (χ1v) is 11.1. The zero-order valence-electron chi connectivity index (χ0n) is 15.6. The number of nitrogens with zero attached hydrogens (tertiary/aromatic N) is 5. The summed E-state index contributed by atoms with van der Waals surface area (Å²) in [5, 5.41) is 12.8. The second-order valence-electron chi connectivity index (χ2n) is 7.53. The zero-order valence-corrected chi connectivity index (χ0v) is 16.4. The van der Waals surface area contributed by atoms with Crippen molar-refractivity contribution in [1.29, 1.82) is 0 Å². The first-order chi connectivity index (χ1) is 14.0. The van der Waals surface area contributed by atoms with Crippen LogP contribution in [0.25, 0.3) is 5.65 Å². The van der Waals surface area contributed by atoms with Crippen LogP contribution in [-0.2, 0) is 10.0 Å². The first-order valence-electron chi connectivity index (χ1n) is 9.62. The number of fused-ring (bicyclic) bond motifs is 1. The zero-order chi connectivity index (χ0) is 20.0. The van der Waals surface area contributed by atoms with Crippen LogP contribution in [0.4, 0.5) is 4.39 Å². The van der Waals surface area contributed by atoms with E-state index in [9.17, 15) is 12.8 Å². The molecule has 0 spiro atoms. The molecule has 29 heavy (non-hydrogen) atoms. The van der Waals surface area contributed by atoms with E-state index >= 15 is 0 Å². The van der Waals surface area contributed by atoms with E-state index in [1.165, 1.54) is 22.5 Å². The Morgan fingerprint density at radius 2 is 1.93 bits per heavy atom. The van der Waals surface area contributed by atoms with E-state index in [4.69, 9.17) is 4.74 Å². The molecular formula is C19H20FN5O3S. The average Bonchev–Trinajstić information content (AvgIpc) is 3.28. The van der Waals surface area contributed by atoms with Crippen LogP contribution in [0.1, 0.15) is 31.0 Å². The van der Waals surface area contributed by atoms with Gasteiger partial charge in [0.15, 0.2) is 11.5 Å². The summed E-state index contributed by atoms with van der Waals surface area (Å²) in [5.74, 6) is 1.01. The maximum absolute atomic E-state index is 13.9. The molecule has 2 aromatic heterocycles. The highest BCUT2D eigenvalue weighted by molar-refractivity contribution is 7.89. The standard InChI is InChI=1S/C19H20FN5O3S/c20-15-3-1-2-4-16(15)29(26,27)24-10-9-13(11-24)12-28-18-8-7-17-21-22-19(14-5-6-14)25(17)23-18/h1-4,7-8,13-14H,5-6,9-12H2. The van der Waals surface area contributed by atoms with Crippen molar-refractivity contribution >= 4 is 15.7 Å². The van der Waals surface area contributed by atoms with Gasteiger partial charge in [-0.15, -0.1) is 15.3 Å². The van der Waals surface area contributed by atoms with Gasteiger partial charge in [0.2, 0.25) is 15.9 Å². The topological polar surface area (TPSA) is 89.7 Å². The van der Waals surface area contributed by atoms with Gasteiger partial charge in [-0.1, -0.05) is 12.1 Å². The summed E-state index contributed by atoms with van der Waals surface area (Å²) in [6.07, 6.45) is 2.85. The van der Waals surface area contributed by atoms with Crippen molar-refractivity contribution in [2.24, 2.45) is 5.92 Å². The molecule has 3 heterocycles. The molecule has 1 unspecified atom stereocenters. The molecule has 1 atom stereocenters. The molecule has 1 aromatic carbocycles. The fourth-order valence-electron chi connectivity index (χ4n) is 3.61. The largest absolute Gasteiger partial charge is 0.476 e. The van der Waals surface area contributed by atoms with E-state index in [0.717, 1.165) is 24.7 Å². The Kier molecular flexibility index (Phi) is 4.47. The van der Waals surface area contributed by atoms with Gasteiger partial charge < -0.3 is 4.74 Å². The number of hydrogen-bond donors (Lipinski definition) is 0. The van der Waals surface area contributed by atoms with Gasteiger partial charge in [-0.05, 0) is 37.5 Å². The predicted octanol–water partition coefficient (Wildman–Crippen LogP) is 2.23. The van der Waals surface area contributed by atoms with Crippen LogP contribution in [0, 0.1) is 11.7 Å². The highest BCUT2D eigenvalue weighted by Gasteiger charge is 2.34. The van der Waals surface area contributed by atoms with Crippen molar-refractivity contribution in [2.75, 3.05) is 19.7 Å². The van der Waals surface area contributed by atoms with Gasteiger partial charge in [0.25, 0.3) is 0 Å². The fourth-order valence-corrected chi connectivity index (χ4v) is 5.21. The summed E-state index contributed by atoms with van der Waals surface area (Å²) in [5.41, 5.74) is 0.683. The third-order valence-corrected chi connectivity index (χ3v) is 7.27. The van der Waals surface area contributed by atoms with E-state index in [-0.39, 0.29) is 10.8 Å². The summed E-state index contributed by atoms with van der Waals surface area (Å²) in [7, 11) is -3.85. The Labute approximate surface area is 167 Å². The number of hydrogen-bond acceptors (Lipinski definition) is 6. The summed E-state index contributed by atoms with van der Waals surface area (Å²) in [6, 6.07) is 9.00. The molecule has 0 N–H and O–H groups in total. The molecule has 8 nitrogen and oxygen atoms in total. The number of benzene rings is 1. The van der Waals surface area contributed by atoms with Crippen LogP contribution in [0.2, 0.25) is 0 Å². The molecule has 3 aromatic rings. The number of ether oxygens (including phenoxy) is 1. The summed E-state index contributed by atoms with van der Waals surface area (Å²) >= 11 is 0. The quantitative estimate of drug-likeness (QED) is 0.611. The maximum atomic E-state index is 13.9. The van der Waals surface area contributed by atoms with Gasteiger partial charge in [-0.2, -0.15) is 8.82 Å². The molecule has 2 fully saturated rings. The van der Waals surface area contributed by atoms with E-state index in [2.05, 4.69) is 15.3 Å². The maximum Gasteiger partial charge on any atom is 0.245 e. The lowest BCUT2D eigenvalue weighted by Gasteiger charge is -2.17. The molecular weight excluding hydrogens is 397 g/mol. The van der Waals surface area contributed by atoms with Crippen LogP contribution in [-0.4, -0.2) is 52.2 Å². The number of aromatic nitrogens is 4. The second kappa shape index (κ2) is 7.03. The SMILES string of the molecule is O=S(=O)(c1ccccc1F)N1CCC(COc2ccc3nnc(C4CC4)n3n2)C1. The molecule has 0 amide bonds. The highest BCUT2D eigenvalue weighted by Crippen LogP contribution is 2.38. The van der Waals surface area contributed by atoms with Crippen LogP contribution in [0.15, 0.2) is 41.3 Å². The van der Waals surface area contributed by atoms with Crippen molar-refractivity contribution in [1.82, 2.24) is 24.1 Å². The lowest BCUT2D eigenvalue weighted by atomic mass is 10.1. The minimum Gasteiger partial charge on any atom is -0.476 e. The van der Waals surface area contributed by atoms with Gasteiger partial charge >= 0.3 is 0 Å². The van der Waals surface area contributed by atoms with E-state index < -0.39 is 15.8 Å². The van der Waals surface area contributed by atoms with Crippen LogP contribution < -0.4 is 4.74 Å². The van der Waals surface area contributed by atoms with Gasteiger partial charge in [-0.25, -0.2) is 12.8 Å². The molecule has 152 valence electrons. The Morgan fingerprint density at radius 3 is 2.72 bits per heavy atom. The normalized spacial score (nSPS) is 20.4. The van der Waals surface area contributed by atoms with Crippen LogP contribution >= 0.6 is 0 Å². The molecule has 10 heteroatoms. The van der Waals surface area contributed by atoms with Crippen molar-refractivity contribution in [3.63, 3.8) is 0 Å². The fraction of sp³-hybridized carbons (Fsp3) is 0.421. The van der Waals surface area contributed by atoms with Crippen molar-refractivity contribution in [3.8, 4) is 5.88 Å². The molecule has 1 saturated heterocycles. The lowest BCUT2D eigenvalue weighted by molar-refractivity contribution is 0.243. The van der Waals surface area contributed by atoms with Crippen LogP contribution in [0.5, 0.6) is 5.88 Å². The minimum atomic E-state index is -3.85. The second-order valence-corrected chi connectivity index (χ2v) is 9.44. The van der Waals surface area contributed by atoms with Crippen molar-refractivity contribution in [3.05, 3.63) is 48.0 Å². The molecule has 1 aliphatic carbocycles.